The zero-order chi connectivity index (χ0) is 19.9. The second kappa shape index (κ2) is 7.43. The van der Waals surface area contributed by atoms with E-state index in [1.165, 1.54) is 64.8 Å². The van der Waals surface area contributed by atoms with Gasteiger partial charge in [-0.1, -0.05) is 10.5 Å². The molecular weight excluding hydrogens is 376 g/mol. The number of carbonyl (C=O) groups excluding carboxylic acids is 1. The summed E-state index contributed by atoms with van der Waals surface area (Å²) >= 11 is 0. The van der Waals surface area contributed by atoms with Gasteiger partial charge in [0.2, 0.25) is 0 Å². The van der Waals surface area contributed by atoms with E-state index in [-0.39, 0.29) is 10.8 Å². The molecule has 7 heteroatoms. The Bertz CT molecular complexity index is 816. The van der Waals surface area contributed by atoms with Crippen LogP contribution in [0.2, 0.25) is 0 Å². The Balaban J connectivity index is 1.38. The molecule has 0 saturated heterocycles. The molecule has 0 aliphatic heterocycles. The molecule has 4 fully saturated rings. The molecule has 4 saturated carbocycles. The molecule has 0 aromatic heterocycles. The first kappa shape index (κ1) is 19.9. The van der Waals surface area contributed by atoms with Crippen LogP contribution in [0.3, 0.4) is 0 Å². The summed E-state index contributed by atoms with van der Waals surface area (Å²) in [5.41, 5.74) is 0.782. The molecule has 0 heterocycles. The molecule has 1 aromatic rings. The van der Waals surface area contributed by atoms with Gasteiger partial charge in [-0.2, -0.15) is 0 Å². The molecular formula is C21H30N2O4S. The van der Waals surface area contributed by atoms with Gasteiger partial charge in [-0.25, -0.2) is 8.42 Å². The van der Waals surface area contributed by atoms with Gasteiger partial charge in [-0.3, -0.25) is 9.63 Å². The van der Waals surface area contributed by atoms with Crippen LogP contribution in [0.15, 0.2) is 29.2 Å². The Labute approximate surface area is 167 Å². The fourth-order valence-corrected chi connectivity index (χ4v) is 7.20. The van der Waals surface area contributed by atoms with Gasteiger partial charge in [-0.15, -0.1) is 0 Å². The maximum Gasteiger partial charge on any atom is 0.264 e. The van der Waals surface area contributed by atoms with Gasteiger partial charge in [0.1, 0.15) is 0 Å². The average molecular weight is 407 g/mol. The predicted octanol–water partition coefficient (Wildman–Crippen LogP) is 3.20. The number of hydrogen-bond acceptors (Lipinski definition) is 4. The highest BCUT2D eigenvalue weighted by Gasteiger charge is 2.50. The van der Waals surface area contributed by atoms with E-state index in [0.29, 0.717) is 17.5 Å². The molecule has 154 valence electrons. The third-order valence-corrected chi connectivity index (χ3v) is 8.77. The maximum atomic E-state index is 12.6. The van der Waals surface area contributed by atoms with Crippen molar-refractivity contribution >= 4 is 15.9 Å². The normalized spacial score (nSPS) is 31.3. The molecule has 4 aliphatic carbocycles. The van der Waals surface area contributed by atoms with Crippen LogP contribution >= 0.6 is 0 Å². The van der Waals surface area contributed by atoms with Crippen molar-refractivity contribution in [1.82, 2.24) is 9.79 Å². The molecule has 6 nitrogen and oxygen atoms in total. The second-order valence-electron chi connectivity index (χ2n) is 9.05. The van der Waals surface area contributed by atoms with E-state index in [2.05, 4.69) is 5.32 Å². The van der Waals surface area contributed by atoms with Crippen molar-refractivity contribution in [2.75, 3.05) is 20.7 Å². The third kappa shape index (κ3) is 3.72. The van der Waals surface area contributed by atoms with Crippen molar-refractivity contribution < 1.29 is 18.0 Å². The van der Waals surface area contributed by atoms with Crippen molar-refractivity contribution in [3.05, 3.63) is 29.8 Å². The number of nitrogens with zero attached hydrogens (tertiary/aromatic N) is 1. The lowest BCUT2D eigenvalue weighted by atomic mass is 9.49. The molecule has 1 aromatic carbocycles. The van der Waals surface area contributed by atoms with E-state index in [1.807, 2.05) is 0 Å². The monoisotopic (exact) mass is 406 g/mol. The summed E-state index contributed by atoms with van der Waals surface area (Å²) in [6.45, 7) is 0.653. The van der Waals surface area contributed by atoms with Crippen molar-refractivity contribution in [1.29, 1.82) is 0 Å². The topological polar surface area (TPSA) is 75.7 Å². The predicted molar refractivity (Wildman–Crippen MR) is 106 cm³/mol. The molecule has 0 atom stereocenters. The highest BCUT2D eigenvalue weighted by atomic mass is 32.2. The van der Waals surface area contributed by atoms with E-state index in [9.17, 15) is 13.2 Å². The molecule has 0 spiro atoms. The molecule has 1 amide bonds. The number of amides is 1. The van der Waals surface area contributed by atoms with E-state index in [1.54, 1.807) is 12.1 Å². The SMILES string of the molecule is CON(C)S(=O)(=O)c1cccc(C(=O)NCCC23CC4CC(CC(C4)C2)C3)c1. The summed E-state index contributed by atoms with van der Waals surface area (Å²) in [6, 6.07) is 6.11. The minimum absolute atomic E-state index is 0.0468. The van der Waals surface area contributed by atoms with E-state index >= 15 is 0 Å². The summed E-state index contributed by atoms with van der Waals surface area (Å²) < 4.78 is 25.6. The maximum absolute atomic E-state index is 12.6. The van der Waals surface area contributed by atoms with E-state index in [4.69, 9.17) is 4.84 Å². The highest BCUT2D eigenvalue weighted by Crippen LogP contribution is 2.61. The van der Waals surface area contributed by atoms with E-state index < -0.39 is 10.0 Å². The minimum Gasteiger partial charge on any atom is -0.352 e. The molecule has 5 rings (SSSR count). The number of benzene rings is 1. The summed E-state index contributed by atoms with van der Waals surface area (Å²) in [5, 5.41) is 3.02. The van der Waals surface area contributed by atoms with Gasteiger partial charge >= 0.3 is 0 Å². The first-order valence-corrected chi connectivity index (χ1v) is 11.7. The molecule has 4 aliphatic rings. The van der Waals surface area contributed by atoms with Gasteiger partial charge in [-0.05, 0) is 86.3 Å². The quantitative estimate of drug-likeness (QED) is 0.706. The van der Waals surface area contributed by atoms with Crippen LogP contribution in [0.4, 0.5) is 0 Å². The molecule has 1 N–H and O–H groups in total. The first-order valence-electron chi connectivity index (χ1n) is 10.2. The molecule has 0 radical (unpaired) electrons. The summed E-state index contributed by atoms with van der Waals surface area (Å²) in [5.74, 6) is 2.49. The lowest BCUT2D eigenvalue weighted by Gasteiger charge is -2.57. The van der Waals surface area contributed by atoms with E-state index in [0.717, 1.165) is 28.6 Å². The van der Waals surface area contributed by atoms with Crippen LogP contribution in [0.25, 0.3) is 0 Å². The fourth-order valence-electron chi connectivity index (χ4n) is 6.18. The van der Waals surface area contributed by atoms with Gasteiger partial charge in [0.15, 0.2) is 0 Å². The minimum atomic E-state index is -3.77. The number of rotatable bonds is 7. The summed E-state index contributed by atoms with van der Waals surface area (Å²) in [7, 11) is -1.15. The average Bonchev–Trinajstić information content (AvgIpc) is 2.66. The first-order chi connectivity index (χ1) is 13.3. The van der Waals surface area contributed by atoms with Crippen LogP contribution in [-0.2, 0) is 14.9 Å². The lowest BCUT2D eigenvalue weighted by Crippen LogP contribution is -2.47. The Kier molecular flexibility index (Phi) is 5.27. The van der Waals surface area contributed by atoms with Gasteiger partial charge in [0.05, 0.1) is 12.0 Å². The second-order valence-corrected chi connectivity index (χ2v) is 11.0. The van der Waals surface area contributed by atoms with Crippen LogP contribution in [-0.4, -0.2) is 39.5 Å². The fraction of sp³-hybridized carbons (Fsp3) is 0.667. The van der Waals surface area contributed by atoms with Crippen LogP contribution in [0.5, 0.6) is 0 Å². The summed E-state index contributed by atoms with van der Waals surface area (Å²) in [6.07, 6.45) is 9.27. The van der Waals surface area contributed by atoms with Gasteiger partial charge < -0.3 is 5.32 Å². The van der Waals surface area contributed by atoms with Crippen molar-refractivity contribution in [3.63, 3.8) is 0 Å². The molecule has 28 heavy (non-hydrogen) atoms. The molecule has 4 bridgehead atoms. The van der Waals surface area contributed by atoms with Crippen LogP contribution in [0.1, 0.15) is 55.3 Å². The number of carbonyl (C=O) groups is 1. The van der Waals surface area contributed by atoms with Crippen molar-refractivity contribution in [2.45, 2.75) is 49.8 Å². The van der Waals surface area contributed by atoms with Crippen LogP contribution in [0, 0.1) is 23.2 Å². The number of nitrogens with one attached hydrogen (secondary N) is 1. The Hall–Kier alpha value is -1.44. The number of hydroxylamine groups is 1. The highest BCUT2D eigenvalue weighted by molar-refractivity contribution is 7.89. The zero-order valence-corrected chi connectivity index (χ0v) is 17.5. The third-order valence-electron chi connectivity index (χ3n) is 7.10. The lowest BCUT2D eigenvalue weighted by molar-refractivity contribution is -0.0564. The van der Waals surface area contributed by atoms with Gasteiger partial charge in [0, 0.05) is 19.2 Å². The smallest absolute Gasteiger partial charge is 0.264 e. The largest absolute Gasteiger partial charge is 0.352 e. The van der Waals surface area contributed by atoms with Crippen molar-refractivity contribution in [3.8, 4) is 0 Å². The number of hydrogen-bond donors (Lipinski definition) is 1. The number of sulfonamides is 1. The Morgan fingerprint density at radius 1 is 1.18 bits per heavy atom. The Morgan fingerprint density at radius 2 is 1.79 bits per heavy atom. The zero-order valence-electron chi connectivity index (χ0n) is 16.7. The summed E-state index contributed by atoms with van der Waals surface area (Å²) in [4.78, 5) is 17.4. The van der Waals surface area contributed by atoms with Crippen molar-refractivity contribution in [2.24, 2.45) is 23.2 Å². The molecule has 0 unspecified atom stereocenters. The van der Waals surface area contributed by atoms with Gasteiger partial charge in [0.25, 0.3) is 15.9 Å². The standard InChI is InChI=1S/C21H30N2O4S/c1-23(27-2)28(25,26)19-5-3-4-18(11-19)20(24)22-7-6-21-12-15-8-16(13-21)10-17(9-15)14-21/h3-5,11,15-17H,6-10,12-14H2,1-2H3,(H,22,24). The van der Waals surface area contributed by atoms with Crippen LogP contribution < -0.4 is 5.32 Å². The Morgan fingerprint density at radius 3 is 2.36 bits per heavy atom.